The minimum Gasteiger partial charge on any atom is -0.478 e. The molecule has 19 heavy (non-hydrogen) atoms. The van der Waals surface area contributed by atoms with Gasteiger partial charge in [0.15, 0.2) is 4.34 Å². The number of carbonyl (C=O) groups is 1. The third kappa shape index (κ3) is 3.44. The molecule has 0 fully saturated rings. The van der Waals surface area contributed by atoms with Crippen LogP contribution in [0, 0.1) is 0 Å². The lowest BCUT2D eigenvalue weighted by Gasteiger charge is -1.99. The standard InChI is InChI=1S/C10H5F3N2O2S2/c11-10(12,13)8-14-15-9(19-8)18-6-3-1-5(2-4-6)7(16)17/h1-4H,(H,16,17). The summed E-state index contributed by atoms with van der Waals surface area (Å²) in [6.07, 6.45) is -4.50. The maximum absolute atomic E-state index is 12.3. The van der Waals surface area contributed by atoms with E-state index in [2.05, 4.69) is 10.2 Å². The molecule has 0 aliphatic rings. The number of rotatable bonds is 3. The minimum atomic E-state index is -4.50. The van der Waals surface area contributed by atoms with Crippen LogP contribution >= 0.6 is 23.1 Å². The van der Waals surface area contributed by atoms with Gasteiger partial charge in [-0.25, -0.2) is 4.79 Å². The summed E-state index contributed by atoms with van der Waals surface area (Å²) in [6, 6.07) is 5.75. The molecule has 0 amide bonds. The fourth-order valence-electron chi connectivity index (χ4n) is 1.13. The normalized spacial score (nSPS) is 11.5. The zero-order valence-corrected chi connectivity index (χ0v) is 10.6. The van der Waals surface area contributed by atoms with Gasteiger partial charge in [0.2, 0.25) is 5.01 Å². The number of halogens is 3. The Morgan fingerprint density at radius 3 is 2.32 bits per heavy atom. The van der Waals surface area contributed by atoms with Crippen LogP contribution in [0.1, 0.15) is 15.4 Å². The second-order valence-electron chi connectivity index (χ2n) is 3.30. The molecule has 0 aliphatic heterocycles. The summed E-state index contributed by atoms with van der Waals surface area (Å²) in [5.74, 6) is -1.06. The maximum Gasteiger partial charge on any atom is 0.445 e. The Morgan fingerprint density at radius 1 is 1.21 bits per heavy atom. The molecule has 1 aromatic carbocycles. The monoisotopic (exact) mass is 306 g/mol. The van der Waals surface area contributed by atoms with Crippen LogP contribution in [0.5, 0.6) is 0 Å². The van der Waals surface area contributed by atoms with E-state index in [-0.39, 0.29) is 9.90 Å². The topological polar surface area (TPSA) is 63.1 Å². The number of hydrogen-bond acceptors (Lipinski definition) is 5. The van der Waals surface area contributed by atoms with Gasteiger partial charge in [-0.05, 0) is 24.3 Å². The summed E-state index contributed by atoms with van der Waals surface area (Å²) in [4.78, 5) is 11.2. The van der Waals surface area contributed by atoms with Crippen LogP contribution in [0.4, 0.5) is 13.2 Å². The van der Waals surface area contributed by atoms with Gasteiger partial charge in [0.1, 0.15) is 0 Å². The fourth-order valence-corrected chi connectivity index (χ4v) is 2.82. The fraction of sp³-hybridized carbons (Fsp3) is 0.100. The Morgan fingerprint density at radius 2 is 1.84 bits per heavy atom. The number of alkyl halides is 3. The maximum atomic E-state index is 12.3. The highest BCUT2D eigenvalue weighted by Gasteiger charge is 2.35. The highest BCUT2D eigenvalue weighted by atomic mass is 32.2. The smallest absolute Gasteiger partial charge is 0.445 e. The summed E-state index contributed by atoms with van der Waals surface area (Å²) in [5, 5.41) is 14.2. The molecule has 100 valence electrons. The predicted octanol–water partition coefficient (Wildman–Crippen LogP) is 3.41. The Kier molecular flexibility index (Phi) is 3.76. The van der Waals surface area contributed by atoms with E-state index in [0.29, 0.717) is 16.2 Å². The van der Waals surface area contributed by atoms with Gasteiger partial charge >= 0.3 is 12.1 Å². The van der Waals surface area contributed by atoms with Crippen LogP contribution in [-0.2, 0) is 6.18 Å². The first kappa shape index (κ1) is 13.8. The summed E-state index contributed by atoms with van der Waals surface area (Å²) < 4.78 is 37.1. The van der Waals surface area contributed by atoms with Crippen LogP contribution in [0.25, 0.3) is 0 Å². The van der Waals surface area contributed by atoms with E-state index in [1.165, 1.54) is 24.3 Å². The van der Waals surface area contributed by atoms with Gasteiger partial charge in [-0.15, -0.1) is 10.2 Å². The number of aromatic carboxylic acids is 1. The molecule has 0 spiro atoms. The molecule has 1 N–H and O–H groups in total. The molecule has 1 heterocycles. The van der Waals surface area contributed by atoms with Crippen molar-refractivity contribution in [1.82, 2.24) is 10.2 Å². The van der Waals surface area contributed by atoms with Gasteiger partial charge in [0.05, 0.1) is 5.56 Å². The molecule has 0 atom stereocenters. The lowest BCUT2D eigenvalue weighted by molar-refractivity contribution is -0.138. The number of carboxylic acids is 1. The number of hydrogen-bond donors (Lipinski definition) is 1. The summed E-state index contributed by atoms with van der Waals surface area (Å²) in [7, 11) is 0. The van der Waals surface area contributed by atoms with Crippen molar-refractivity contribution >= 4 is 29.1 Å². The van der Waals surface area contributed by atoms with Gasteiger partial charge in [-0.3, -0.25) is 0 Å². The summed E-state index contributed by atoms with van der Waals surface area (Å²) in [5.41, 5.74) is 0.109. The van der Waals surface area contributed by atoms with Crippen LogP contribution in [0.15, 0.2) is 33.5 Å². The third-order valence-corrected chi connectivity index (χ3v) is 3.98. The summed E-state index contributed by atoms with van der Waals surface area (Å²) >= 11 is 1.44. The van der Waals surface area contributed by atoms with Crippen molar-refractivity contribution in [2.75, 3.05) is 0 Å². The zero-order valence-electron chi connectivity index (χ0n) is 9.01. The molecule has 2 aromatic rings. The number of benzene rings is 1. The van der Waals surface area contributed by atoms with Crippen molar-refractivity contribution in [3.8, 4) is 0 Å². The molecule has 0 saturated heterocycles. The van der Waals surface area contributed by atoms with Crippen LogP contribution in [0.3, 0.4) is 0 Å². The SMILES string of the molecule is O=C(O)c1ccc(Sc2nnc(C(F)(F)F)s2)cc1. The second kappa shape index (κ2) is 5.17. The molecule has 9 heteroatoms. The third-order valence-electron chi connectivity index (χ3n) is 1.96. The molecule has 0 unspecified atom stereocenters. The van der Waals surface area contributed by atoms with Crippen molar-refractivity contribution < 1.29 is 23.1 Å². The highest BCUT2D eigenvalue weighted by Crippen LogP contribution is 2.36. The Hall–Kier alpha value is -1.61. The van der Waals surface area contributed by atoms with E-state index in [1.54, 1.807) is 0 Å². The quantitative estimate of drug-likeness (QED) is 0.941. The highest BCUT2D eigenvalue weighted by molar-refractivity contribution is 8.01. The number of aromatic nitrogens is 2. The van der Waals surface area contributed by atoms with Gasteiger partial charge < -0.3 is 5.11 Å². The number of nitrogens with zero attached hydrogens (tertiary/aromatic N) is 2. The zero-order chi connectivity index (χ0) is 14.0. The van der Waals surface area contributed by atoms with E-state index in [1.807, 2.05) is 0 Å². The summed E-state index contributed by atoms with van der Waals surface area (Å²) in [6.45, 7) is 0. The predicted molar refractivity (Wildman–Crippen MR) is 62.4 cm³/mol. The molecule has 1 aromatic heterocycles. The lowest BCUT2D eigenvalue weighted by Crippen LogP contribution is -2.03. The van der Waals surface area contributed by atoms with Crippen molar-refractivity contribution in [3.63, 3.8) is 0 Å². The molecular formula is C10H5F3N2O2S2. The van der Waals surface area contributed by atoms with Crippen LogP contribution in [0.2, 0.25) is 0 Å². The molecule has 0 radical (unpaired) electrons. The lowest BCUT2D eigenvalue weighted by atomic mass is 10.2. The van der Waals surface area contributed by atoms with E-state index in [4.69, 9.17) is 5.11 Å². The van der Waals surface area contributed by atoms with Crippen LogP contribution in [-0.4, -0.2) is 21.3 Å². The van der Waals surface area contributed by atoms with Gasteiger partial charge in [0.25, 0.3) is 0 Å². The van der Waals surface area contributed by atoms with Gasteiger partial charge in [0, 0.05) is 4.90 Å². The molecule has 0 bridgehead atoms. The second-order valence-corrected chi connectivity index (χ2v) is 5.60. The van der Waals surface area contributed by atoms with Gasteiger partial charge in [-0.2, -0.15) is 13.2 Å². The van der Waals surface area contributed by atoms with E-state index < -0.39 is 17.2 Å². The van der Waals surface area contributed by atoms with E-state index in [0.717, 1.165) is 11.8 Å². The van der Waals surface area contributed by atoms with E-state index in [9.17, 15) is 18.0 Å². The Bertz CT molecular complexity index is 596. The van der Waals surface area contributed by atoms with Crippen molar-refractivity contribution in [2.24, 2.45) is 0 Å². The molecule has 2 rings (SSSR count). The largest absolute Gasteiger partial charge is 0.478 e. The molecular weight excluding hydrogens is 301 g/mol. The van der Waals surface area contributed by atoms with Crippen molar-refractivity contribution in [3.05, 3.63) is 34.8 Å². The van der Waals surface area contributed by atoms with E-state index >= 15 is 0 Å². The molecule has 0 saturated carbocycles. The first-order valence-corrected chi connectivity index (χ1v) is 6.41. The minimum absolute atomic E-state index is 0.109. The number of carboxylic acid groups (broad SMARTS) is 1. The van der Waals surface area contributed by atoms with Crippen molar-refractivity contribution in [1.29, 1.82) is 0 Å². The molecule has 0 aliphatic carbocycles. The molecule has 4 nitrogen and oxygen atoms in total. The van der Waals surface area contributed by atoms with Crippen molar-refractivity contribution in [2.45, 2.75) is 15.4 Å². The Balaban J connectivity index is 2.13. The average Bonchev–Trinajstić information content (AvgIpc) is 2.78. The van der Waals surface area contributed by atoms with Gasteiger partial charge in [-0.1, -0.05) is 23.1 Å². The van der Waals surface area contributed by atoms with Crippen LogP contribution < -0.4 is 0 Å². The average molecular weight is 306 g/mol. The Labute approximate surface area is 113 Å². The first-order valence-electron chi connectivity index (χ1n) is 4.78. The first-order chi connectivity index (χ1) is 8.86.